The minimum atomic E-state index is -0.0606. The van der Waals surface area contributed by atoms with Crippen LogP contribution in [0.3, 0.4) is 0 Å². The normalized spacial score (nSPS) is 13.1. The Morgan fingerprint density at radius 3 is 2.90 bits per heavy atom. The Morgan fingerprint density at radius 1 is 1.29 bits per heavy atom. The zero-order valence-corrected chi connectivity index (χ0v) is 14.1. The van der Waals surface area contributed by atoms with Crippen LogP contribution >= 0.6 is 22.6 Å². The first-order valence-corrected chi connectivity index (χ1v) is 8.20. The number of rotatable bonds is 3. The monoisotopic (exact) mass is 392 g/mol. The summed E-state index contributed by atoms with van der Waals surface area (Å²) in [5.41, 5.74) is 4.16. The molecule has 0 aromatic heterocycles. The standard InChI is InChI=1S/C17H17IN2O/c1-2-20-9-8-12-6-7-15(11-16(12)20)19-17(21)13-4-3-5-14(18)10-13/h3-7,10-11H,2,8-9H2,1H3,(H,19,21). The lowest BCUT2D eigenvalue weighted by Crippen LogP contribution is -2.19. The number of nitrogens with zero attached hydrogens (tertiary/aromatic N) is 1. The minimum Gasteiger partial charge on any atom is -0.371 e. The number of anilines is 2. The molecule has 0 unspecified atom stereocenters. The number of halogens is 1. The van der Waals surface area contributed by atoms with Crippen molar-refractivity contribution in [1.29, 1.82) is 0 Å². The fraction of sp³-hybridized carbons (Fsp3) is 0.235. The number of amides is 1. The van der Waals surface area contributed by atoms with Crippen molar-refractivity contribution in [2.75, 3.05) is 23.3 Å². The predicted molar refractivity (Wildman–Crippen MR) is 95.1 cm³/mol. The van der Waals surface area contributed by atoms with Gasteiger partial charge in [-0.3, -0.25) is 4.79 Å². The van der Waals surface area contributed by atoms with E-state index in [2.05, 4.69) is 51.9 Å². The van der Waals surface area contributed by atoms with Gasteiger partial charge in [-0.1, -0.05) is 12.1 Å². The highest BCUT2D eigenvalue weighted by atomic mass is 127. The third kappa shape index (κ3) is 3.05. The summed E-state index contributed by atoms with van der Waals surface area (Å²) in [7, 11) is 0. The first-order chi connectivity index (χ1) is 10.2. The second kappa shape index (κ2) is 6.05. The molecule has 0 bridgehead atoms. The average molecular weight is 392 g/mol. The molecule has 1 aliphatic heterocycles. The fourth-order valence-corrected chi connectivity index (χ4v) is 3.23. The summed E-state index contributed by atoms with van der Waals surface area (Å²) in [6.07, 6.45) is 1.09. The number of benzene rings is 2. The zero-order chi connectivity index (χ0) is 14.8. The van der Waals surface area contributed by atoms with Gasteiger partial charge in [-0.05, 0) is 71.8 Å². The molecular formula is C17H17IN2O. The summed E-state index contributed by atoms with van der Waals surface area (Å²) in [4.78, 5) is 14.6. The third-order valence-corrected chi connectivity index (χ3v) is 4.47. The van der Waals surface area contributed by atoms with Crippen LogP contribution in [0.25, 0.3) is 0 Å². The quantitative estimate of drug-likeness (QED) is 0.804. The van der Waals surface area contributed by atoms with Crippen molar-refractivity contribution in [3.63, 3.8) is 0 Å². The van der Waals surface area contributed by atoms with Gasteiger partial charge in [0.2, 0.25) is 0 Å². The van der Waals surface area contributed by atoms with Crippen LogP contribution in [0, 0.1) is 3.57 Å². The lowest BCUT2D eigenvalue weighted by Gasteiger charge is -2.17. The van der Waals surface area contributed by atoms with E-state index in [-0.39, 0.29) is 5.91 Å². The topological polar surface area (TPSA) is 32.3 Å². The van der Waals surface area contributed by atoms with Crippen molar-refractivity contribution >= 4 is 39.9 Å². The van der Waals surface area contributed by atoms with E-state index in [0.29, 0.717) is 5.56 Å². The Kier molecular flexibility index (Phi) is 4.14. The summed E-state index contributed by atoms with van der Waals surface area (Å²) < 4.78 is 1.06. The molecule has 1 aliphatic rings. The number of carbonyl (C=O) groups excluding carboxylic acids is 1. The molecule has 2 aromatic rings. The smallest absolute Gasteiger partial charge is 0.255 e. The number of likely N-dealkylation sites (N-methyl/N-ethyl adjacent to an activating group) is 1. The Hall–Kier alpha value is -1.56. The lowest BCUT2D eigenvalue weighted by molar-refractivity contribution is 0.102. The molecule has 1 N–H and O–H groups in total. The van der Waals surface area contributed by atoms with Crippen LogP contribution in [-0.4, -0.2) is 19.0 Å². The van der Waals surface area contributed by atoms with Gasteiger partial charge in [-0.25, -0.2) is 0 Å². The van der Waals surface area contributed by atoms with Gasteiger partial charge >= 0.3 is 0 Å². The SMILES string of the molecule is CCN1CCc2ccc(NC(=O)c3cccc(I)c3)cc21. The zero-order valence-electron chi connectivity index (χ0n) is 11.9. The molecule has 2 aromatic carbocycles. The van der Waals surface area contributed by atoms with Crippen LogP contribution in [0.1, 0.15) is 22.8 Å². The first kappa shape index (κ1) is 14.4. The van der Waals surface area contributed by atoms with Crippen molar-refractivity contribution in [1.82, 2.24) is 0 Å². The van der Waals surface area contributed by atoms with E-state index in [1.54, 1.807) is 0 Å². The predicted octanol–water partition coefficient (Wildman–Crippen LogP) is 3.93. The average Bonchev–Trinajstić information content (AvgIpc) is 2.89. The van der Waals surface area contributed by atoms with Crippen molar-refractivity contribution in [3.8, 4) is 0 Å². The van der Waals surface area contributed by atoms with E-state index in [1.807, 2.05) is 30.3 Å². The Balaban J connectivity index is 1.81. The molecule has 1 heterocycles. The van der Waals surface area contributed by atoms with Crippen molar-refractivity contribution in [2.24, 2.45) is 0 Å². The van der Waals surface area contributed by atoms with Crippen molar-refractivity contribution in [2.45, 2.75) is 13.3 Å². The maximum absolute atomic E-state index is 12.3. The van der Waals surface area contributed by atoms with Crippen LogP contribution < -0.4 is 10.2 Å². The third-order valence-electron chi connectivity index (χ3n) is 3.80. The molecule has 3 rings (SSSR count). The summed E-state index contributed by atoms with van der Waals surface area (Å²) in [5, 5.41) is 2.99. The molecule has 3 nitrogen and oxygen atoms in total. The summed E-state index contributed by atoms with van der Waals surface area (Å²) in [5.74, 6) is -0.0606. The first-order valence-electron chi connectivity index (χ1n) is 7.12. The van der Waals surface area contributed by atoms with Crippen molar-refractivity contribution in [3.05, 3.63) is 57.2 Å². The second-order valence-corrected chi connectivity index (χ2v) is 6.38. The highest BCUT2D eigenvalue weighted by Crippen LogP contribution is 2.30. The molecule has 0 aliphatic carbocycles. The number of fused-ring (bicyclic) bond motifs is 1. The van der Waals surface area contributed by atoms with E-state index < -0.39 is 0 Å². The number of hydrogen-bond donors (Lipinski definition) is 1. The second-order valence-electron chi connectivity index (χ2n) is 5.14. The van der Waals surface area contributed by atoms with Gasteiger partial charge in [0.25, 0.3) is 5.91 Å². The molecule has 1 amide bonds. The maximum atomic E-state index is 12.3. The van der Waals surface area contributed by atoms with Crippen molar-refractivity contribution < 1.29 is 4.79 Å². The van der Waals surface area contributed by atoms with Gasteiger partial charge in [-0.15, -0.1) is 0 Å². The highest BCUT2D eigenvalue weighted by Gasteiger charge is 2.18. The van der Waals surface area contributed by atoms with Gasteiger partial charge in [0.1, 0.15) is 0 Å². The summed E-state index contributed by atoms with van der Waals surface area (Å²) >= 11 is 2.21. The molecule has 0 spiro atoms. The van der Waals surface area contributed by atoms with Crippen LogP contribution in [-0.2, 0) is 6.42 Å². The number of nitrogens with one attached hydrogen (secondary N) is 1. The van der Waals surface area contributed by atoms with E-state index >= 15 is 0 Å². The van der Waals surface area contributed by atoms with Crippen LogP contribution in [0.2, 0.25) is 0 Å². The fourth-order valence-electron chi connectivity index (χ4n) is 2.68. The Labute approximate surface area is 138 Å². The minimum absolute atomic E-state index is 0.0606. The molecule has 0 fully saturated rings. The van der Waals surface area contributed by atoms with Gasteiger partial charge in [-0.2, -0.15) is 0 Å². The largest absolute Gasteiger partial charge is 0.371 e. The van der Waals surface area contributed by atoms with Crippen LogP contribution in [0.15, 0.2) is 42.5 Å². The lowest BCUT2D eigenvalue weighted by atomic mass is 10.1. The summed E-state index contributed by atoms with van der Waals surface area (Å²) in [6, 6.07) is 13.8. The maximum Gasteiger partial charge on any atom is 0.255 e. The number of carbonyl (C=O) groups is 1. The summed E-state index contributed by atoms with van der Waals surface area (Å²) in [6.45, 7) is 4.23. The Morgan fingerprint density at radius 2 is 2.14 bits per heavy atom. The van der Waals surface area contributed by atoms with E-state index in [4.69, 9.17) is 0 Å². The van der Waals surface area contributed by atoms with E-state index in [9.17, 15) is 4.79 Å². The van der Waals surface area contributed by atoms with E-state index in [1.165, 1.54) is 11.3 Å². The Bertz CT molecular complexity index is 684. The van der Waals surface area contributed by atoms with Crippen LogP contribution in [0.5, 0.6) is 0 Å². The van der Waals surface area contributed by atoms with E-state index in [0.717, 1.165) is 28.8 Å². The van der Waals surface area contributed by atoms with Gasteiger partial charge in [0.15, 0.2) is 0 Å². The molecule has 0 saturated heterocycles. The molecule has 21 heavy (non-hydrogen) atoms. The molecule has 4 heteroatoms. The van der Waals surface area contributed by atoms with Gasteiger partial charge in [0.05, 0.1) is 0 Å². The molecule has 0 radical (unpaired) electrons. The molecular weight excluding hydrogens is 375 g/mol. The number of hydrogen-bond acceptors (Lipinski definition) is 2. The highest BCUT2D eigenvalue weighted by molar-refractivity contribution is 14.1. The van der Waals surface area contributed by atoms with Gasteiger partial charge < -0.3 is 10.2 Å². The van der Waals surface area contributed by atoms with Gasteiger partial charge in [0, 0.05) is 33.6 Å². The molecule has 0 saturated carbocycles. The molecule has 0 atom stereocenters. The molecule has 108 valence electrons. The van der Waals surface area contributed by atoms with Crippen LogP contribution in [0.4, 0.5) is 11.4 Å².